The summed E-state index contributed by atoms with van der Waals surface area (Å²) < 4.78 is 23.4. The lowest BCUT2D eigenvalue weighted by atomic mass is 10.1. The van der Waals surface area contributed by atoms with Gasteiger partial charge in [-0.2, -0.15) is 0 Å². The van der Waals surface area contributed by atoms with Crippen LogP contribution in [0, 0.1) is 5.92 Å². The zero-order chi connectivity index (χ0) is 12.5. The number of carbonyl (C=O) groups excluding carboxylic acids is 1. The molecule has 0 radical (unpaired) electrons. The summed E-state index contributed by atoms with van der Waals surface area (Å²) in [6.45, 7) is 3.60. The molecule has 0 amide bonds. The van der Waals surface area contributed by atoms with Gasteiger partial charge in [-0.15, -0.1) is 0 Å². The smallest absolute Gasteiger partial charge is 0.238 e. The minimum absolute atomic E-state index is 0.0132. The summed E-state index contributed by atoms with van der Waals surface area (Å²) in [6, 6.07) is 3.23. The molecule has 0 aliphatic heterocycles. The van der Waals surface area contributed by atoms with E-state index in [1.807, 2.05) is 0 Å². The topological polar surface area (TPSA) is 56.1 Å². The number of ketones is 1. The van der Waals surface area contributed by atoms with Crippen molar-refractivity contribution in [1.29, 1.82) is 0 Å². The Morgan fingerprint density at radius 2 is 2.00 bits per heavy atom. The van der Waals surface area contributed by atoms with Crippen LogP contribution in [-0.2, 0) is 21.9 Å². The molecule has 0 N–H and O–H groups in total. The van der Waals surface area contributed by atoms with E-state index in [-0.39, 0.29) is 17.5 Å². The van der Waals surface area contributed by atoms with Gasteiger partial charge in [0.2, 0.25) is 9.05 Å². The van der Waals surface area contributed by atoms with E-state index >= 15 is 0 Å². The van der Waals surface area contributed by atoms with Gasteiger partial charge in [0.15, 0.2) is 5.78 Å². The summed E-state index contributed by atoms with van der Waals surface area (Å²) in [4.78, 5) is 11.7. The summed E-state index contributed by atoms with van der Waals surface area (Å²) in [5.41, 5.74) is 1.02. The fourth-order valence-corrected chi connectivity index (χ4v) is 2.40. The molecule has 1 heterocycles. The molecule has 1 aromatic heterocycles. The summed E-state index contributed by atoms with van der Waals surface area (Å²) in [7, 11) is 3.23. The first-order valence-electron chi connectivity index (χ1n) is 4.83. The van der Waals surface area contributed by atoms with Gasteiger partial charge in [0.05, 0.1) is 5.69 Å². The van der Waals surface area contributed by atoms with Gasteiger partial charge in [0, 0.05) is 29.3 Å². The molecule has 16 heavy (non-hydrogen) atoms. The number of halogens is 1. The van der Waals surface area contributed by atoms with E-state index in [4.69, 9.17) is 10.7 Å². The van der Waals surface area contributed by atoms with E-state index < -0.39 is 9.05 Å². The van der Waals surface area contributed by atoms with E-state index in [2.05, 4.69) is 0 Å². The third-order valence-corrected chi connectivity index (χ3v) is 3.29. The molecule has 0 aliphatic carbocycles. The summed E-state index contributed by atoms with van der Waals surface area (Å²) in [5, 5.41) is 0. The lowest BCUT2D eigenvalue weighted by Gasteiger charge is -2.07. The van der Waals surface area contributed by atoms with Gasteiger partial charge in [-0.05, 0) is 12.1 Å². The summed E-state index contributed by atoms with van der Waals surface area (Å²) >= 11 is 0. The van der Waals surface area contributed by atoms with Crippen LogP contribution in [0.25, 0.3) is 0 Å². The molecule has 4 nitrogen and oxygen atoms in total. The zero-order valence-electron chi connectivity index (χ0n) is 9.40. The molecule has 1 rings (SSSR count). The number of Topliss-reactive ketones (excluding diaryl/α,β-unsaturated/α-hetero) is 1. The lowest BCUT2D eigenvalue weighted by Crippen LogP contribution is -2.13. The normalized spacial score (nSPS) is 12.1. The maximum Gasteiger partial charge on any atom is 0.238 e. The van der Waals surface area contributed by atoms with Crippen LogP contribution in [0.1, 0.15) is 30.0 Å². The maximum atomic E-state index is 11.7. The van der Waals surface area contributed by atoms with Crippen LogP contribution >= 0.6 is 10.7 Å². The van der Waals surface area contributed by atoms with Crippen molar-refractivity contribution in [3.8, 4) is 0 Å². The predicted octanol–water partition coefficient (Wildman–Crippen LogP) is 1.93. The average Bonchev–Trinajstić information content (AvgIpc) is 2.44. The third kappa shape index (κ3) is 3.09. The van der Waals surface area contributed by atoms with Crippen molar-refractivity contribution in [2.75, 3.05) is 0 Å². The van der Waals surface area contributed by atoms with Crippen molar-refractivity contribution >= 4 is 25.5 Å². The Kier molecular flexibility index (Phi) is 3.80. The molecule has 0 bridgehead atoms. The Morgan fingerprint density at radius 3 is 2.44 bits per heavy atom. The van der Waals surface area contributed by atoms with Gasteiger partial charge in [0.25, 0.3) is 0 Å². The van der Waals surface area contributed by atoms with Crippen molar-refractivity contribution < 1.29 is 13.2 Å². The maximum absolute atomic E-state index is 11.7. The number of carbonyl (C=O) groups is 1. The number of nitrogens with zero attached hydrogens (tertiary/aromatic N) is 1. The molecule has 90 valence electrons. The van der Waals surface area contributed by atoms with E-state index in [0.717, 1.165) is 0 Å². The minimum atomic E-state index is -3.59. The molecule has 0 aromatic carbocycles. The fourth-order valence-electron chi connectivity index (χ4n) is 1.42. The molecule has 0 unspecified atom stereocenters. The van der Waals surface area contributed by atoms with Gasteiger partial charge in [-0.1, -0.05) is 13.8 Å². The molecule has 0 atom stereocenters. The van der Waals surface area contributed by atoms with E-state index in [0.29, 0.717) is 11.4 Å². The highest BCUT2D eigenvalue weighted by molar-refractivity contribution is 8.13. The summed E-state index contributed by atoms with van der Waals surface area (Å²) in [5.74, 6) is -0.397. The Balaban J connectivity index is 3.07. The second-order valence-electron chi connectivity index (χ2n) is 3.97. The highest BCUT2D eigenvalue weighted by atomic mass is 35.7. The van der Waals surface area contributed by atoms with Crippen molar-refractivity contribution in [3.63, 3.8) is 0 Å². The first-order valence-corrected chi connectivity index (χ1v) is 7.31. The SMILES string of the molecule is CC(C)C(=O)c1ccc(CS(=O)(=O)Cl)n1C. The van der Waals surface area contributed by atoms with Crippen LogP contribution in [0.4, 0.5) is 0 Å². The van der Waals surface area contributed by atoms with Crippen LogP contribution in [0.15, 0.2) is 12.1 Å². The molecular weight excluding hydrogens is 250 g/mol. The van der Waals surface area contributed by atoms with Crippen LogP contribution in [0.2, 0.25) is 0 Å². The van der Waals surface area contributed by atoms with Crippen LogP contribution in [0.3, 0.4) is 0 Å². The second kappa shape index (κ2) is 4.59. The Labute approximate surface area is 99.6 Å². The van der Waals surface area contributed by atoms with Crippen LogP contribution in [-0.4, -0.2) is 18.8 Å². The highest BCUT2D eigenvalue weighted by Crippen LogP contribution is 2.16. The van der Waals surface area contributed by atoms with Gasteiger partial charge in [-0.3, -0.25) is 4.79 Å². The largest absolute Gasteiger partial charge is 0.344 e. The lowest BCUT2D eigenvalue weighted by molar-refractivity contribution is 0.0931. The highest BCUT2D eigenvalue weighted by Gasteiger charge is 2.18. The molecule has 0 fully saturated rings. The standard InChI is InChI=1S/C10H14ClNO3S/c1-7(2)10(13)9-5-4-8(12(9)3)6-16(11,14)15/h4-5,7H,6H2,1-3H3. The quantitative estimate of drug-likeness (QED) is 0.616. The number of rotatable bonds is 4. The van der Waals surface area contributed by atoms with Crippen molar-refractivity contribution in [2.24, 2.45) is 13.0 Å². The Morgan fingerprint density at radius 1 is 1.44 bits per heavy atom. The predicted molar refractivity (Wildman–Crippen MR) is 63.1 cm³/mol. The van der Waals surface area contributed by atoms with E-state index in [1.165, 1.54) is 0 Å². The Hall–Kier alpha value is -0.810. The molecule has 0 saturated heterocycles. The van der Waals surface area contributed by atoms with Gasteiger partial charge in [0.1, 0.15) is 5.75 Å². The number of hydrogen-bond donors (Lipinski definition) is 0. The van der Waals surface area contributed by atoms with Gasteiger partial charge < -0.3 is 4.57 Å². The minimum Gasteiger partial charge on any atom is -0.344 e. The van der Waals surface area contributed by atoms with E-state index in [1.54, 1.807) is 37.6 Å². The monoisotopic (exact) mass is 263 g/mol. The summed E-state index contributed by atoms with van der Waals surface area (Å²) in [6.07, 6.45) is 0. The van der Waals surface area contributed by atoms with Crippen molar-refractivity contribution in [3.05, 3.63) is 23.5 Å². The molecule has 0 saturated carbocycles. The van der Waals surface area contributed by atoms with Crippen molar-refractivity contribution in [1.82, 2.24) is 4.57 Å². The molecular formula is C10H14ClNO3S. The second-order valence-corrected chi connectivity index (χ2v) is 6.75. The van der Waals surface area contributed by atoms with Crippen molar-refractivity contribution in [2.45, 2.75) is 19.6 Å². The first kappa shape index (κ1) is 13.3. The van der Waals surface area contributed by atoms with Gasteiger partial charge >= 0.3 is 0 Å². The average molecular weight is 264 g/mol. The fraction of sp³-hybridized carbons (Fsp3) is 0.500. The molecule has 0 spiro atoms. The molecule has 6 heteroatoms. The van der Waals surface area contributed by atoms with E-state index in [9.17, 15) is 13.2 Å². The van der Waals surface area contributed by atoms with Gasteiger partial charge in [-0.25, -0.2) is 8.42 Å². The molecule has 0 aliphatic rings. The zero-order valence-corrected chi connectivity index (χ0v) is 11.0. The first-order chi connectivity index (χ1) is 7.22. The van der Waals surface area contributed by atoms with Crippen LogP contribution in [0.5, 0.6) is 0 Å². The number of aromatic nitrogens is 1. The Bertz CT molecular complexity index is 502. The van der Waals surface area contributed by atoms with Crippen LogP contribution < -0.4 is 0 Å². The molecule has 1 aromatic rings. The number of hydrogen-bond acceptors (Lipinski definition) is 3. The third-order valence-electron chi connectivity index (χ3n) is 2.32.